The van der Waals surface area contributed by atoms with Gasteiger partial charge in [0.05, 0.1) is 11.5 Å². The van der Waals surface area contributed by atoms with Crippen molar-refractivity contribution in [2.24, 2.45) is 0 Å². The Morgan fingerprint density at radius 1 is 1.56 bits per heavy atom. The summed E-state index contributed by atoms with van der Waals surface area (Å²) in [6.45, 7) is 3.54. The molecule has 18 heavy (non-hydrogen) atoms. The van der Waals surface area contributed by atoms with Crippen LogP contribution in [0.15, 0.2) is 12.1 Å². The van der Waals surface area contributed by atoms with Crippen molar-refractivity contribution in [3.63, 3.8) is 0 Å². The van der Waals surface area contributed by atoms with Crippen LogP contribution >= 0.6 is 0 Å². The fourth-order valence-electron chi connectivity index (χ4n) is 1.28. The van der Waals surface area contributed by atoms with E-state index in [1.54, 1.807) is 0 Å². The van der Waals surface area contributed by atoms with Gasteiger partial charge in [-0.3, -0.25) is 14.9 Å². The van der Waals surface area contributed by atoms with Gasteiger partial charge in [0.2, 0.25) is 11.7 Å². The van der Waals surface area contributed by atoms with Crippen LogP contribution in [-0.4, -0.2) is 28.4 Å². The highest BCUT2D eigenvalue weighted by Crippen LogP contribution is 2.22. The Morgan fingerprint density at radius 2 is 2.22 bits per heavy atom. The van der Waals surface area contributed by atoms with E-state index in [0.717, 1.165) is 0 Å². The Labute approximate surface area is 104 Å². The number of nitro groups is 1. The van der Waals surface area contributed by atoms with Gasteiger partial charge in [-0.15, -0.1) is 0 Å². The molecule has 0 radical (unpaired) electrons. The molecule has 1 aromatic rings. The van der Waals surface area contributed by atoms with Crippen LogP contribution in [0, 0.1) is 10.1 Å². The van der Waals surface area contributed by atoms with Gasteiger partial charge in [0, 0.05) is 12.1 Å². The number of pyridine rings is 1. The van der Waals surface area contributed by atoms with Crippen LogP contribution in [0.4, 0.5) is 17.3 Å². The molecule has 0 saturated heterocycles. The second-order valence-electron chi connectivity index (χ2n) is 3.94. The van der Waals surface area contributed by atoms with E-state index in [1.165, 1.54) is 12.1 Å². The normalized spacial score (nSPS) is 10.2. The molecular weight excluding hydrogens is 238 g/mol. The predicted octanol–water partition coefficient (Wildman–Crippen LogP) is 0.508. The number of hydrogen-bond donors (Lipinski definition) is 3. The quantitative estimate of drug-likeness (QED) is 0.519. The summed E-state index contributed by atoms with van der Waals surface area (Å²) in [6.07, 6.45) is 0. The molecule has 0 aliphatic carbocycles. The molecule has 0 aromatic carbocycles. The number of nitrogen functional groups attached to an aromatic ring is 1. The zero-order valence-corrected chi connectivity index (χ0v) is 10.1. The molecule has 0 saturated carbocycles. The molecule has 0 spiro atoms. The van der Waals surface area contributed by atoms with E-state index in [2.05, 4.69) is 15.6 Å². The molecule has 1 heterocycles. The van der Waals surface area contributed by atoms with Crippen LogP contribution in [0.25, 0.3) is 0 Å². The maximum absolute atomic E-state index is 11.4. The smallest absolute Gasteiger partial charge is 0.311 e. The lowest BCUT2D eigenvalue weighted by atomic mass is 10.3. The second-order valence-corrected chi connectivity index (χ2v) is 3.94. The maximum Gasteiger partial charge on any atom is 0.311 e. The summed E-state index contributed by atoms with van der Waals surface area (Å²) in [4.78, 5) is 25.3. The van der Waals surface area contributed by atoms with Gasteiger partial charge in [-0.25, -0.2) is 4.98 Å². The number of amides is 1. The molecule has 1 rings (SSSR count). The van der Waals surface area contributed by atoms with Crippen molar-refractivity contribution in [3.05, 3.63) is 22.2 Å². The van der Waals surface area contributed by atoms with Gasteiger partial charge in [-0.05, 0) is 19.9 Å². The van der Waals surface area contributed by atoms with Crippen molar-refractivity contribution < 1.29 is 9.72 Å². The van der Waals surface area contributed by atoms with Crippen molar-refractivity contribution in [3.8, 4) is 0 Å². The van der Waals surface area contributed by atoms with Crippen LogP contribution in [0.1, 0.15) is 13.8 Å². The molecule has 0 aliphatic rings. The molecule has 0 fully saturated rings. The molecule has 0 aliphatic heterocycles. The van der Waals surface area contributed by atoms with Gasteiger partial charge in [0.15, 0.2) is 0 Å². The standard InChI is InChI=1S/C10H15N5O3/c1-6(2)13-9(16)5-12-10-7(15(17)18)3-4-8(11)14-10/h3-4,6H,5H2,1-2H3,(H,13,16)(H3,11,12,14). The first-order chi connectivity index (χ1) is 8.40. The SMILES string of the molecule is CC(C)NC(=O)CNc1nc(N)ccc1[N+](=O)[O-]. The zero-order chi connectivity index (χ0) is 13.7. The summed E-state index contributed by atoms with van der Waals surface area (Å²) in [6, 6.07) is 2.57. The predicted molar refractivity (Wildman–Crippen MR) is 67.1 cm³/mol. The van der Waals surface area contributed by atoms with Gasteiger partial charge in [-0.2, -0.15) is 0 Å². The average Bonchev–Trinajstić information content (AvgIpc) is 2.25. The van der Waals surface area contributed by atoms with Crippen LogP contribution in [0.3, 0.4) is 0 Å². The summed E-state index contributed by atoms with van der Waals surface area (Å²) in [5.74, 6) is -0.144. The summed E-state index contributed by atoms with van der Waals surface area (Å²) >= 11 is 0. The van der Waals surface area contributed by atoms with Gasteiger partial charge in [0.1, 0.15) is 5.82 Å². The minimum Gasteiger partial charge on any atom is -0.384 e. The Balaban J connectivity index is 2.74. The molecule has 0 atom stereocenters. The van der Waals surface area contributed by atoms with E-state index in [1.807, 2.05) is 13.8 Å². The van der Waals surface area contributed by atoms with E-state index in [-0.39, 0.29) is 35.8 Å². The number of hydrogen-bond acceptors (Lipinski definition) is 6. The molecule has 98 valence electrons. The highest BCUT2D eigenvalue weighted by atomic mass is 16.6. The van der Waals surface area contributed by atoms with E-state index in [9.17, 15) is 14.9 Å². The number of nitrogens with two attached hydrogens (primary N) is 1. The van der Waals surface area contributed by atoms with Crippen LogP contribution < -0.4 is 16.4 Å². The summed E-state index contributed by atoms with van der Waals surface area (Å²) in [5.41, 5.74) is 5.22. The lowest BCUT2D eigenvalue weighted by Gasteiger charge is -2.09. The largest absolute Gasteiger partial charge is 0.384 e. The third kappa shape index (κ3) is 3.89. The van der Waals surface area contributed by atoms with Crippen molar-refractivity contribution in [1.82, 2.24) is 10.3 Å². The van der Waals surface area contributed by atoms with E-state index >= 15 is 0 Å². The molecule has 8 nitrogen and oxygen atoms in total. The summed E-state index contributed by atoms with van der Waals surface area (Å²) in [5, 5.41) is 16.0. The number of nitrogens with one attached hydrogen (secondary N) is 2. The second kappa shape index (κ2) is 5.80. The summed E-state index contributed by atoms with van der Waals surface area (Å²) in [7, 11) is 0. The van der Waals surface area contributed by atoms with Crippen LogP contribution in [0.5, 0.6) is 0 Å². The zero-order valence-electron chi connectivity index (χ0n) is 10.1. The van der Waals surface area contributed by atoms with Gasteiger partial charge < -0.3 is 16.4 Å². The summed E-state index contributed by atoms with van der Waals surface area (Å²) < 4.78 is 0. The van der Waals surface area contributed by atoms with Crippen LogP contribution in [-0.2, 0) is 4.79 Å². The van der Waals surface area contributed by atoms with Crippen molar-refractivity contribution >= 4 is 23.2 Å². The highest BCUT2D eigenvalue weighted by molar-refractivity contribution is 5.81. The number of anilines is 2. The highest BCUT2D eigenvalue weighted by Gasteiger charge is 2.16. The molecule has 0 bridgehead atoms. The van der Waals surface area contributed by atoms with Gasteiger partial charge in [-0.1, -0.05) is 0 Å². The molecule has 1 aromatic heterocycles. The molecular formula is C10H15N5O3. The first-order valence-corrected chi connectivity index (χ1v) is 5.34. The Kier molecular flexibility index (Phi) is 4.41. The molecule has 4 N–H and O–H groups in total. The number of rotatable bonds is 5. The van der Waals surface area contributed by atoms with Gasteiger partial charge >= 0.3 is 5.69 Å². The van der Waals surface area contributed by atoms with Crippen molar-refractivity contribution in [2.75, 3.05) is 17.6 Å². The Bertz CT molecular complexity index is 461. The van der Waals surface area contributed by atoms with Gasteiger partial charge in [0.25, 0.3) is 0 Å². The Morgan fingerprint density at radius 3 is 2.78 bits per heavy atom. The Hall–Kier alpha value is -2.38. The van der Waals surface area contributed by atoms with E-state index < -0.39 is 4.92 Å². The fraction of sp³-hybridized carbons (Fsp3) is 0.400. The minimum absolute atomic E-state index is 0.00286. The molecule has 0 unspecified atom stereocenters. The topological polar surface area (TPSA) is 123 Å². The number of nitrogens with zero attached hydrogens (tertiary/aromatic N) is 2. The molecule has 1 amide bonds. The number of aromatic nitrogens is 1. The lowest BCUT2D eigenvalue weighted by Crippen LogP contribution is -2.35. The lowest BCUT2D eigenvalue weighted by molar-refractivity contribution is -0.384. The van der Waals surface area contributed by atoms with Crippen LogP contribution in [0.2, 0.25) is 0 Å². The first-order valence-electron chi connectivity index (χ1n) is 5.34. The number of carbonyl (C=O) groups excluding carboxylic acids is 1. The maximum atomic E-state index is 11.4. The van der Waals surface area contributed by atoms with Crippen molar-refractivity contribution in [2.45, 2.75) is 19.9 Å². The minimum atomic E-state index is -0.588. The van der Waals surface area contributed by atoms with Crippen molar-refractivity contribution in [1.29, 1.82) is 0 Å². The third-order valence-corrected chi connectivity index (χ3v) is 1.96. The van der Waals surface area contributed by atoms with E-state index in [0.29, 0.717) is 0 Å². The molecule has 8 heteroatoms. The average molecular weight is 253 g/mol. The monoisotopic (exact) mass is 253 g/mol. The number of carbonyl (C=O) groups is 1. The van der Waals surface area contributed by atoms with E-state index in [4.69, 9.17) is 5.73 Å². The first kappa shape index (κ1) is 13.7. The third-order valence-electron chi connectivity index (χ3n) is 1.96. The fourth-order valence-corrected chi connectivity index (χ4v) is 1.28.